The van der Waals surface area contributed by atoms with Crippen LogP contribution in [0.2, 0.25) is 0 Å². The van der Waals surface area contributed by atoms with Gasteiger partial charge in [0.15, 0.2) is 0 Å². The van der Waals surface area contributed by atoms with E-state index in [0.29, 0.717) is 5.57 Å². The van der Waals surface area contributed by atoms with Crippen molar-refractivity contribution >= 4 is 5.97 Å². The van der Waals surface area contributed by atoms with Gasteiger partial charge in [-0.3, -0.25) is 0 Å². The van der Waals surface area contributed by atoms with E-state index in [0.717, 1.165) is 25.7 Å². The number of allylic oxidation sites excluding steroid dienone is 2. The van der Waals surface area contributed by atoms with Gasteiger partial charge in [-0.1, -0.05) is 18.2 Å². The minimum absolute atomic E-state index is 0.0671. The fraction of sp³-hybridized carbons (Fsp3) is 0.667. The molecule has 0 amide bonds. The normalized spacial score (nSPS) is 46.6. The van der Waals surface area contributed by atoms with Crippen LogP contribution in [-0.4, -0.2) is 23.8 Å². The van der Waals surface area contributed by atoms with Crippen LogP contribution >= 0.6 is 0 Å². The second kappa shape index (κ2) is 3.95. The molecule has 2 heterocycles. The summed E-state index contributed by atoms with van der Waals surface area (Å²) in [5.41, 5.74) is 1.91. The maximum atomic E-state index is 11.7. The van der Waals surface area contributed by atoms with Crippen molar-refractivity contribution in [1.29, 1.82) is 0 Å². The number of hydrogen-bond donors (Lipinski definition) is 0. The Kier molecular flexibility index (Phi) is 2.63. The highest BCUT2D eigenvalue weighted by Crippen LogP contribution is 2.49. The fourth-order valence-electron chi connectivity index (χ4n) is 3.20. The molecular weight excluding hydrogens is 228 g/mol. The minimum Gasteiger partial charge on any atom is -0.455 e. The number of carbonyl (C=O) groups is 1. The average molecular weight is 248 g/mol. The van der Waals surface area contributed by atoms with Gasteiger partial charge in [0, 0.05) is 11.5 Å². The maximum Gasteiger partial charge on any atom is 0.334 e. The molecule has 0 N–H and O–H groups in total. The van der Waals surface area contributed by atoms with Gasteiger partial charge < -0.3 is 9.47 Å². The topological polar surface area (TPSA) is 38.8 Å². The summed E-state index contributed by atoms with van der Waals surface area (Å²) in [5.74, 6) is -0.102. The van der Waals surface area contributed by atoms with Crippen molar-refractivity contribution < 1.29 is 14.3 Å². The van der Waals surface area contributed by atoms with Gasteiger partial charge in [-0.05, 0) is 39.5 Å². The molecule has 0 aromatic heterocycles. The second-order valence-electron chi connectivity index (χ2n) is 5.98. The molecule has 0 spiro atoms. The SMILES string of the molecule is C=C1C(=O)O[C@H]2[C@@H]1CC/C(C)=C/CC[C@]1(C)O[C@H]21. The molecular formula is C15H20O3. The molecule has 3 heteroatoms. The third-order valence-corrected chi connectivity index (χ3v) is 4.57. The summed E-state index contributed by atoms with van der Waals surface area (Å²) in [5, 5.41) is 0. The van der Waals surface area contributed by atoms with Crippen LogP contribution in [0.15, 0.2) is 23.8 Å². The number of epoxide rings is 1. The van der Waals surface area contributed by atoms with Crippen molar-refractivity contribution in [3.05, 3.63) is 23.8 Å². The van der Waals surface area contributed by atoms with Gasteiger partial charge in [-0.2, -0.15) is 0 Å². The lowest BCUT2D eigenvalue weighted by atomic mass is 9.84. The van der Waals surface area contributed by atoms with E-state index in [1.54, 1.807) is 0 Å². The van der Waals surface area contributed by atoms with Gasteiger partial charge in [0.05, 0.1) is 5.60 Å². The summed E-state index contributed by atoms with van der Waals surface area (Å²) in [4.78, 5) is 11.7. The zero-order valence-electron chi connectivity index (χ0n) is 11.1. The minimum atomic E-state index is -0.233. The molecule has 3 aliphatic rings. The van der Waals surface area contributed by atoms with Crippen LogP contribution in [0.3, 0.4) is 0 Å². The molecule has 0 radical (unpaired) electrons. The molecule has 0 aromatic rings. The largest absolute Gasteiger partial charge is 0.455 e. The van der Waals surface area contributed by atoms with Crippen molar-refractivity contribution in [3.8, 4) is 0 Å². The molecule has 1 aliphatic carbocycles. The van der Waals surface area contributed by atoms with Crippen LogP contribution in [0.4, 0.5) is 0 Å². The fourth-order valence-corrected chi connectivity index (χ4v) is 3.20. The summed E-state index contributed by atoms with van der Waals surface area (Å²) in [7, 11) is 0. The van der Waals surface area contributed by atoms with Crippen molar-refractivity contribution in [1.82, 2.24) is 0 Å². The molecule has 3 nitrogen and oxygen atoms in total. The Labute approximate surface area is 108 Å². The lowest BCUT2D eigenvalue weighted by Crippen LogP contribution is -2.28. The molecule has 2 saturated heterocycles. The van der Waals surface area contributed by atoms with E-state index in [2.05, 4.69) is 26.5 Å². The van der Waals surface area contributed by atoms with Gasteiger partial charge in [-0.25, -0.2) is 4.79 Å². The van der Waals surface area contributed by atoms with E-state index < -0.39 is 0 Å². The van der Waals surface area contributed by atoms with Crippen LogP contribution in [0, 0.1) is 5.92 Å². The molecule has 4 atom stereocenters. The van der Waals surface area contributed by atoms with Crippen molar-refractivity contribution in [2.75, 3.05) is 0 Å². The monoisotopic (exact) mass is 248 g/mol. The van der Waals surface area contributed by atoms with E-state index >= 15 is 0 Å². The number of hydrogen-bond acceptors (Lipinski definition) is 3. The Hall–Kier alpha value is -1.09. The summed E-state index contributed by atoms with van der Waals surface area (Å²) in [6, 6.07) is 0. The quantitative estimate of drug-likeness (QED) is 0.286. The van der Waals surface area contributed by atoms with Crippen LogP contribution in [0.1, 0.15) is 39.5 Å². The van der Waals surface area contributed by atoms with Gasteiger partial charge in [0.1, 0.15) is 12.2 Å². The lowest BCUT2D eigenvalue weighted by Gasteiger charge is -2.19. The van der Waals surface area contributed by atoms with Gasteiger partial charge in [0.2, 0.25) is 0 Å². The summed E-state index contributed by atoms with van der Waals surface area (Å²) >= 11 is 0. The van der Waals surface area contributed by atoms with E-state index in [-0.39, 0.29) is 29.7 Å². The van der Waals surface area contributed by atoms with E-state index in [1.165, 1.54) is 5.57 Å². The van der Waals surface area contributed by atoms with Crippen LogP contribution < -0.4 is 0 Å². The molecule has 0 bridgehead atoms. The third-order valence-electron chi connectivity index (χ3n) is 4.57. The van der Waals surface area contributed by atoms with Gasteiger partial charge >= 0.3 is 5.97 Å². The lowest BCUT2D eigenvalue weighted by molar-refractivity contribution is -0.140. The van der Waals surface area contributed by atoms with Crippen LogP contribution in [-0.2, 0) is 14.3 Å². The highest BCUT2D eigenvalue weighted by molar-refractivity contribution is 5.91. The second-order valence-corrected chi connectivity index (χ2v) is 5.98. The first kappa shape index (κ1) is 12.0. The molecule has 0 unspecified atom stereocenters. The molecule has 18 heavy (non-hydrogen) atoms. The smallest absolute Gasteiger partial charge is 0.334 e. The molecule has 2 aliphatic heterocycles. The number of fused-ring (bicyclic) bond motifs is 3. The zero-order valence-corrected chi connectivity index (χ0v) is 11.1. The van der Waals surface area contributed by atoms with Crippen molar-refractivity contribution in [3.63, 3.8) is 0 Å². The highest BCUT2D eigenvalue weighted by Gasteiger charge is 2.61. The van der Waals surface area contributed by atoms with Gasteiger partial charge in [0.25, 0.3) is 0 Å². The third kappa shape index (κ3) is 1.81. The Morgan fingerprint density at radius 3 is 3.06 bits per heavy atom. The first-order valence-electron chi connectivity index (χ1n) is 6.74. The number of rotatable bonds is 0. The standard InChI is InChI=1S/C15H20O3/c1-9-5-4-8-15(3)13(18-15)12-11(7-6-9)10(2)14(16)17-12/h5,11-13H,2,4,6-8H2,1,3H3/b9-5+/t11-,12+,13-,15+/m1/s1. The van der Waals surface area contributed by atoms with Crippen LogP contribution in [0.25, 0.3) is 0 Å². The van der Waals surface area contributed by atoms with Crippen molar-refractivity contribution in [2.24, 2.45) is 5.92 Å². The molecule has 0 aromatic carbocycles. The molecule has 3 rings (SSSR count). The average Bonchev–Trinajstić information content (AvgIpc) is 2.90. The molecule has 0 saturated carbocycles. The van der Waals surface area contributed by atoms with E-state index in [4.69, 9.17) is 9.47 Å². The maximum absolute atomic E-state index is 11.7. The Bertz CT molecular complexity index is 437. The number of carbonyl (C=O) groups excluding carboxylic acids is 1. The van der Waals surface area contributed by atoms with Crippen LogP contribution in [0.5, 0.6) is 0 Å². The first-order chi connectivity index (χ1) is 8.51. The highest BCUT2D eigenvalue weighted by atomic mass is 16.6. The first-order valence-corrected chi connectivity index (χ1v) is 6.74. The molecule has 2 fully saturated rings. The Balaban J connectivity index is 1.87. The Morgan fingerprint density at radius 1 is 1.50 bits per heavy atom. The summed E-state index contributed by atoms with van der Waals surface area (Å²) < 4.78 is 11.3. The number of ether oxygens (including phenoxy) is 2. The van der Waals surface area contributed by atoms with E-state index in [9.17, 15) is 4.79 Å². The van der Waals surface area contributed by atoms with Gasteiger partial charge in [-0.15, -0.1) is 0 Å². The van der Waals surface area contributed by atoms with Crippen molar-refractivity contribution in [2.45, 2.75) is 57.3 Å². The predicted octanol–water partition coefficient (Wildman–Crippen LogP) is 2.76. The Morgan fingerprint density at radius 2 is 2.28 bits per heavy atom. The zero-order chi connectivity index (χ0) is 12.9. The molecule has 98 valence electrons. The number of esters is 1. The summed E-state index contributed by atoms with van der Waals surface area (Å²) in [6.07, 6.45) is 6.25. The van der Waals surface area contributed by atoms with E-state index in [1.807, 2.05) is 0 Å². The summed E-state index contributed by atoms with van der Waals surface area (Å²) in [6.45, 7) is 8.17. The predicted molar refractivity (Wildman–Crippen MR) is 68.0 cm³/mol.